The van der Waals surface area contributed by atoms with Gasteiger partial charge in [-0.25, -0.2) is 0 Å². The number of rotatable bonds is 6. The average Bonchev–Trinajstić information content (AvgIpc) is 3.18. The Morgan fingerprint density at radius 2 is 2.16 bits per heavy atom. The maximum absolute atomic E-state index is 10.9. The molecule has 1 aliphatic rings. The van der Waals surface area contributed by atoms with Gasteiger partial charge < -0.3 is 4.90 Å². The van der Waals surface area contributed by atoms with Crippen LogP contribution in [0.1, 0.15) is 32.3 Å². The molecule has 0 unspecified atom stereocenters. The molecular weight excluding hydrogens is 264 g/mol. The zero-order chi connectivity index (χ0) is 14.0. The summed E-state index contributed by atoms with van der Waals surface area (Å²) in [6, 6.07) is 5.63. The molecule has 0 heterocycles. The van der Waals surface area contributed by atoms with Crippen molar-refractivity contribution in [1.82, 2.24) is 0 Å². The lowest BCUT2D eigenvalue weighted by Gasteiger charge is -2.29. The zero-order valence-electron chi connectivity index (χ0n) is 11.3. The Bertz CT molecular complexity index is 473. The number of nitrogens with zero attached hydrogens (tertiary/aromatic N) is 2. The van der Waals surface area contributed by atoms with Gasteiger partial charge in [0.2, 0.25) is 0 Å². The molecule has 0 spiro atoms. The molecule has 0 radical (unpaired) electrons. The summed E-state index contributed by atoms with van der Waals surface area (Å²) in [7, 11) is 0. The van der Waals surface area contributed by atoms with Crippen molar-refractivity contribution in [2.24, 2.45) is 5.92 Å². The third-order valence-electron chi connectivity index (χ3n) is 3.51. The second-order valence-corrected chi connectivity index (χ2v) is 5.66. The second kappa shape index (κ2) is 5.78. The largest absolute Gasteiger partial charge is 0.369 e. The molecule has 2 rings (SSSR count). The Morgan fingerprint density at radius 1 is 1.47 bits per heavy atom. The molecule has 0 aliphatic heterocycles. The van der Waals surface area contributed by atoms with E-state index in [2.05, 4.69) is 18.7 Å². The third-order valence-corrected chi connectivity index (χ3v) is 3.80. The molecule has 0 atom stereocenters. The van der Waals surface area contributed by atoms with Crippen LogP contribution in [0, 0.1) is 16.0 Å². The number of nitro groups is 1. The van der Waals surface area contributed by atoms with Crippen molar-refractivity contribution in [3.63, 3.8) is 0 Å². The predicted octanol–water partition coefficient (Wildman–Crippen LogP) is 3.96. The van der Waals surface area contributed by atoms with Gasteiger partial charge in [0, 0.05) is 29.9 Å². The number of hydrogen-bond acceptors (Lipinski definition) is 3. The maximum Gasteiger partial charge on any atom is 0.273 e. The molecule has 0 aromatic heterocycles. The van der Waals surface area contributed by atoms with Gasteiger partial charge in [0.15, 0.2) is 0 Å². The van der Waals surface area contributed by atoms with Crippen molar-refractivity contribution in [3.05, 3.63) is 33.9 Å². The van der Waals surface area contributed by atoms with Crippen LogP contribution >= 0.6 is 11.6 Å². The summed E-state index contributed by atoms with van der Waals surface area (Å²) in [6.45, 7) is 5.31. The number of alkyl halides is 1. The van der Waals surface area contributed by atoms with Gasteiger partial charge in [-0.3, -0.25) is 10.1 Å². The molecule has 104 valence electrons. The Balaban J connectivity index is 2.28. The lowest BCUT2D eigenvalue weighted by molar-refractivity contribution is -0.385. The fraction of sp³-hybridized carbons (Fsp3) is 0.571. The Kier molecular flexibility index (Phi) is 4.30. The van der Waals surface area contributed by atoms with E-state index < -0.39 is 0 Å². The summed E-state index contributed by atoms with van der Waals surface area (Å²) >= 11 is 5.83. The molecular formula is C14H19ClN2O2. The highest BCUT2D eigenvalue weighted by Crippen LogP contribution is 2.34. The number of benzene rings is 1. The van der Waals surface area contributed by atoms with E-state index in [1.807, 2.05) is 12.1 Å². The first kappa shape index (κ1) is 14.1. The quantitative estimate of drug-likeness (QED) is 0.451. The number of halogens is 1. The fourth-order valence-corrected chi connectivity index (χ4v) is 2.44. The van der Waals surface area contributed by atoms with E-state index in [9.17, 15) is 10.1 Å². The Morgan fingerprint density at radius 3 is 2.63 bits per heavy atom. The summed E-state index contributed by atoms with van der Waals surface area (Å²) < 4.78 is 0. The SMILES string of the molecule is CC(C)N(CC1CC1)c1ccc([N+](=O)[O-])c(CCl)c1. The molecule has 1 saturated carbocycles. The van der Waals surface area contributed by atoms with Crippen LogP contribution in [0.3, 0.4) is 0 Å². The van der Waals surface area contributed by atoms with Crippen LogP contribution in [0.15, 0.2) is 18.2 Å². The molecule has 0 saturated heterocycles. The van der Waals surface area contributed by atoms with Gasteiger partial charge in [0.05, 0.1) is 10.8 Å². The highest BCUT2D eigenvalue weighted by atomic mass is 35.5. The number of nitro benzene ring substituents is 1. The lowest BCUT2D eigenvalue weighted by Crippen LogP contribution is -2.32. The van der Waals surface area contributed by atoms with Crippen molar-refractivity contribution in [2.75, 3.05) is 11.4 Å². The Labute approximate surface area is 118 Å². The Hall–Kier alpha value is -1.29. The molecule has 0 bridgehead atoms. The average molecular weight is 283 g/mol. The van der Waals surface area contributed by atoms with E-state index in [-0.39, 0.29) is 16.5 Å². The first-order valence-corrected chi connectivity index (χ1v) is 7.16. The molecule has 0 amide bonds. The number of anilines is 1. The van der Waals surface area contributed by atoms with Gasteiger partial charge in [-0.1, -0.05) is 0 Å². The highest BCUT2D eigenvalue weighted by molar-refractivity contribution is 6.17. The van der Waals surface area contributed by atoms with Crippen molar-refractivity contribution in [1.29, 1.82) is 0 Å². The van der Waals surface area contributed by atoms with Crippen molar-refractivity contribution in [2.45, 2.75) is 38.6 Å². The zero-order valence-corrected chi connectivity index (χ0v) is 12.1. The molecule has 1 aromatic carbocycles. The first-order chi connectivity index (χ1) is 9.02. The van der Waals surface area contributed by atoms with Gasteiger partial charge in [-0.2, -0.15) is 0 Å². The minimum absolute atomic E-state index is 0.105. The lowest BCUT2D eigenvalue weighted by atomic mass is 10.1. The smallest absolute Gasteiger partial charge is 0.273 e. The normalized spacial score (nSPS) is 14.7. The van der Waals surface area contributed by atoms with Gasteiger partial charge in [-0.15, -0.1) is 11.6 Å². The molecule has 19 heavy (non-hydrogen) atoms. The van der Waals surface area contributed by atoms with Gasteiger partial charge in [0.25, 0.3) is 5.69 Å². The fourth-order valence-electron chi connectivity index (χ4n) is 2.23. The molecule has 0 N–H and O–H groups in total. The molecule has 4 nitrogen and oxygen atoms in total. The summed E-state index contributed by atoms with van der Waals surface area (Å²) in [5.41, 5.74) is 1.72. The number of hydrogen-bond donors (Lipinski definition) is 0. The van der Waals surface area contributed by atoms with Gasteiger partial charge >= 0.3 is 0 Å². The van der Waals surface area contributed by atoms with E-state index in [1.165, 1.54) is 12.8 Å². The first-order valence-electron chi connectivity index (χ1n) is 6.63. The van der Waals surface area contributed by atoms with Crippen molar-refractivity contribution >= 4 is 23.0 Å². The summed E-state index contributed by atoms with van der Waals surface area (Å²) in [4.78, 5) is 12.8. The van der Waals surface area contributed by atoms with Crippen LogP contribution in [-0.2, 0) is 5.88 Å². The van der Waals surface area contributed by atoms with Crippen LogP contribution in [0.4, 0.5) is 11.4 Å². The summed E-state index contributed by atoms with van der Waals surface area (Å²) in [6.07, 6.45) is 2.58. The van der Waals surface area contributed by atoms with E-state index in [1.54, 1.807) is 6.07 Å². The monoisotopic (exact) mass is 282 g/mol. The minimum Gasteiger partial charge on any atom is -0.369 e. The highest BCUT2D eigenvalue weighted by Gasteiger charge is 2.26. The second-order valence-electron chi connectivity index (χ2n) is 5.39. The van der Waals surface area contributed by atoms with E-state index in [0.29, 0.717) is 11.6 Å². The predicted molar refractivity (Wildman–Crippen MR) is 77.9 cm³/mol. The molecule has 1 fully saturated rings. The topological polar surface area (TPSA) is 46.4 Å². The molecule has 5 heteroatoms. The van der Waals surface area contributed by atoms with Crippen LogP contribution in [-0.4, -0.2) is 17.5 Å². The molecule has 1 aliphatic carbocycles. The van der Waals surface area contributed by atoms with Crippen LogP contribution in [0.25, 0.3) is 0 Å². The maximum atomic E-state index is 10.9. The minimum atomic E-state index is -0.373. The third kappa shape index (κ3) is 3.38. The van der Waals surface area contributed by atoms with E-state index in [0.717, 1.165) is 18.2 Å². The molecule has 1 aromatic rings. The summed E-state index contributed by atoms with van der Waals surface area (Å²) in [5.74, 6) is 0.941. The van der Waals surface area contributed by atoms with E-state index in [4.69, 9.17) is 11.6 Å². The van der Waals surface area contributed by atoms with Crippen molar-refractivity contribution in [3.8, 4) is 0 Å². The van der Waals surface area contributed by atoms with Crippen LogP contribution < -0.4 is 4.90 Å². The van der Waals surface area contributed by atoms with Gasteiger partial charge in [0.1, 0.15) is 0 Å². The van der Waals surface area contributed by atoms with E-state index >= 15 is 0 Å². The van der Waals surface area contributed by atoms with Crippen LogP contribution in [0.2, 0.25) is 0 Å². The van der Waals surface area contributed by atoms with Gasteiger partial charge in [-0.05, 0) is 44.7 Å². The summed E-state index contributed by atoms with van der Waals surface area (Å²) in [5, 5.41) is 10.9. The van der Waals surface area contributed by atoms with Crippen LogP contribution in [0.5, 0.6) is 0 Å². The standard InChI is InChI=1S/C14H19ClN2O2/c1-10(2)16(9-11-3-4-11)13-5-6-14(17(18)19)12(7-13)8-15/h5-7,10-11H,3-4,8-9H2,1-2H3. The van der Waals surface area contributed by atoms with Crippen molar-refractivity contribution < 1.29 is 4.92 Å².